The van der Waals surface area contributed by atoms with Crippen LogP contribution in [0.2, 0.25) is 0 Å². The Bertz CT molecular complexity index is 1200. The number of ether oxygens (including phenoxy) is 3. The fourth-order valence-corrected chi connectivity index (χ4v) is 5.79. The number of hydrogen-bond donors (Lipinski definition) is 0. The van der Waals surface area contributed by atoms with Crippen LogP contribution in [0.5, 0.6) is 5.75 Å². The summed E-state index contributed by atoms with van der Waals surface area (Å²) in [5, 5.41) is 2.41. The summed E-state index contributed by atoms with van der Waals surface area (Å²) in [5.74, 6) is 0.987. The van der Waals surface area contributed by atoms with Crippen molar-refractivity contribution in [2.24, 2.45) is 0 Å². The largest absolute Gasteiger partial charge is 0.488 e. The molecule has 3 aromatic rings. The van der Waals surface area contributed by atoms with Gasteiger partial charge in [-0.1, -0.05) is 55.5 Å². The van der Waals surface area contributed by atoms with E-state index < -0.39 is 5.60 Å². The average molecular weight is 414 g/mol. The van der Waals surface area contributed by atoms with Gasteiger partial charge < -0.3 is 19.1 Å². The molecule has 0 amide bonds. The van der Waals surface area contributed by atoms with Crippen LogP contribution in [0.3, 0.4) is 0 Å². The molecule has 2 aliphatic heterocycles. The molecule has 1 unspecified atom stereocenters. The smallest absolute Gasteiger partial charge is 0.137 e. The lowest BCUT2D eigenvalue weighted by molar-refractivity contribution is 0.0217. The Labute approximate surface area is 183 Å². The predicted molar refractivity (Wildman–Crippen MR) is 123 cm³/mol. The number of benzene rings is 3. The Hall–Kier alpha value is -2.82. The van der Waals surface area contributed by atoms with Crippen LogP contribution >= 0.6 is 0 Å². The van der Waals surface area contributed by atoms with Crippen LogP contribution in [-0.2, 0) is 15.1 Å². The summed E-state index contributed by atoms with van der Waals surface area (Å²) in [7, 11) is 1.85. The lowest BCUT2D eigenvalue weighted by Gasteiger charge is -2.38. The first-order chi connectivity index (χ1) is 15.3. The third-order valence-electron chi connectivity index (χ3n) is 7.16. The minimum Gasteiger partial charge on any atom is -0.488 e. The minimum atomic E-state index is -0.494. The maximum Gasteiger partial charge on any atom is 0.137 e. The molecule has 1 atom stereocenters. The summed E-state index contributed by atoms with van der Waals surface area (Å²) in [6, 6.07) is 17.4. The molecule has 0 N–H and O–H groups in total. The van der Waals surface area contributed by atoms with Crippen molar-refractivity contribution in [3.8, 4) is 16.9 Å². The van der Waals surface area contributed by atoms with E-state index in [1.54, 1.807) is 0 Å². The number of methoxy groups -OCH3 is 1. The Kier molecular flexibility index (Phi) is 4.34. The van der Waals surface area contributed by atoms with Crippen LogP contribution < -0.4 is 4.74 Å². The van der Waals surface area contributed by atoms with E-state index in [0.717, 1.165) is 38.5 Å². The average Bonchev–Trinajstić information content (AvgIpc) is 3.15. The zero-order valence-corrected chi connectivity index (χ0v) is 18.1. The first-order valence-corrected chi connectivity index (χ1v) is 11.2. The van der Waals surface area contributed by atoms with E-state index in [4.69, 9.17) is 14.2 Å². The van der Waals surface area contributed by atoms with E-state index in [1.807, 2.05) is 7.11 Å². The van der Waals surface area contributed by atoms with Gasteiger partial charge in [-0.2, -0.15) is 0 Å². The molecule has 1 fully saturated rings. The summed E-state index contributed by atoms with van der Waals surface area (Å²) in [4.78, 5) is 2.46. The Morgan fingerprint density at radius 1 is 0.968 bits per heavy atom. The normalized spacial score (nSPS) is 21.9. The second kappa shape index (κ2) is 7.11. The van der Waals surface area contributed by atoms with Gasteiger partial charge in [-0.15, -0.1) is 0 Å². The highest BCUT2D eigenvalue weighted by molar-refractivity contribution is 6.09. The van der Waals surface area contributed by atoms with E-state index in [-0.39, 0.29) is 0 Å². The Balaban J connectivity index is 1.76. The third kappa shape index (κ3) is 2.49. The Morgan fingerprint density at radius 3 is 2.48 bits per heavy atom. The van der Waals surface area contributed by atoms with Crippen molar-refractivity contribution in [2.45, 2.75) is 18.9 Å². The fraction of sp³-hybridized carbons (Fsp3) is 0.333. The van der Waals surface area contributed by atoms with Gasteiger partial charge in [-0.25, -0.2) is 0 Å². The molecule has 0 spiro atoms. The number of morpholine rings is 1. The van der Waals surface area contributed by atoms with Gasteiger partial charge in [0.05, 0.1) is 13.2 Å². The van der Waals surface area contributed by atoms with E-state index in [9.17, 15) is 0 Å². The number of rotatable bonds is 3. The first-order valence-electron chi connectivity index (χ1n) is 11.2. The summed E-state index contributed by atoms with van der Waals surface area (Å²) in [6.45, 7) is 6.11. The predicted octanol–water partition coefficient (Wildman–Crippen LogP) is 5.19. The van der Waals surface area contributed by atoms with Gasteiger partial charge >= 0.3 is 0 Å². The number of hydrogen-bond acceptors (Lipinski definition) is 4. The summed E-state index contributed by atoms with van der Waals surface area (Å²) < 4.78 is 18.5. The second-order valence-electron chi connectivity index (χ2n) is 8.43. The molecular weight excluding hydrogens is 386 g/mol. The van der Waals surface area contributed by atoms with Gasteiger partial charge in [0.25, 0.3) is 0 Å². The minimum absolute atomic E-state index is 0.494. The summed E-state index contributed by atoms with van der Waals surface area (Å²) >= 11 is 0. The van der Waals surface area contributed by atoms with Crippen molar-refractivity contribution in [1.82, 2.24) is 4.90 Å². The molecule has 1 saturated heterocycles. The quantitative estimate of drug-likeness (QED) is 0.592. The molecule has 0 aromatic heterocycles. The summed E-state index contributed by atoms with van der Waals surface area (Å²) in [5.41, 5.74) is 7.03. The monoisotopic (exact) mass is 413 g/mol. The highest BCUT2D eigenvalue weighted by Gasteiger charge is 2.47. The lowest BCUT2D eigenvalue weighted by atomic mass is 9.82. The molecule has 158 valence electrons. The van der Waals surface area contributed by atoms with E-state index >= 15 is 0 Å². The van der Waals surface area contributed by atoms with Crippen LogP contribution in [0.15, 0.2) is 54.6 Å². The Morgan fingerprint density at radius 2 is 1.71 bits per heavy atom. The standard InChI is InChI=1S/C27H27NO3/c1-3-27(29-2)21-11-7-6-10-20(21)23-18-8-4-5-9-19(18)26-24(25(23)27)22(12-15-31-26)28-13-16-30-17-14-28/h4-12H,3,13-17H2,1-2H3. The molecular formula is C27H27NO3. The van der Waals surface area contributed by atoms with Gasteiger partial charge in [0, 0.05) is 42.4 Å². The van der Waals surface area contributed by atoms with E-state index in [0.29, 0.717) is 6.61 Å². The van der Waals surface area contributed by atoms with Gasteiger partial charge in [0.15, 0.2) is 0 Å². The molecule has 0 radical (unpaired) electrons. The van der Waals surface area contributed by atoms with E-state index in [2.05, 4.69) is 66.4 Å². The van der Waals surface area contributed by atoms with Crippen molar-refractivity contribution in [3.05, 3.63) is 71.3 Å². The molecule has 1 aliphatic carbocycles. The van der Waals surface area contributed by atoms with Gasteiger partial charge in [0.1, 0.15) is 18.0 Å². The molecule has 3 aliphatic rings. The zero-order valence-electron chi connectivity index (χ0n) is 18.1. The van der Waals surface area contributed by atoms with Crippen molar-refractivity contribution < 1.29 is 14.2 Å². The van der Waals surface area contributed by atoms with Gasteiger partial charge in [-0.05, 0) is 34.6 Å². The number of nitrogens with zero attached hydrogens (tertiary/aromatic N) is 1. The van der Waals surface area contributed by atoms with Gasteiger partial charge in [0.2, 0.25) is 0 Å². The highest BCUT2D eigenvalue weighted by Crippen LogP contribution is 2.59. The molecule has 4 nitrogen and oxygen atoms in total. The third-order valence-corrected chi connectivity index (χ3v) is 7.16. The van der Waals surface area contributed by atoms with Crippen molar-refractivity contribution >= 4 is 16.5 Å². The molecule has 4 heteroatoms. The van der Waals surface area contributed by atoms with Crippen LogP contribution in [0.4, 0.5) is 0 Å². The molecule has 3 aromatic carbocycles. The second-order valence-corrected chi connectivity index (χ2v) is 8.43. The van der Waals surface area contributed by atoms with Crippen molar-refractivity contribution in [1.29, 1.82) is 0 Å². The van der Waals surface area contributed by atoms with Gasteiger partial charge in [-0.3, -0.25) is 0 Å². The SMILES string of the molecule is CCC1(OC)c2ccccc2-c2c1c1c(c3ccccc23)OCC=C1N1CCOCC1. The first kappa shape index (κ1) is 18.9. The van der Waals surface area contributed by atoms with Crippen LogP contribution in [0.25, 0.3) is 27.6 Å². The fourth-order valence-electron chi connectivity index (χ4n) is 5.79. The van der Waals surface area contributed by atoms with E-state index in [1.165, 1.54) is 44.3 Å². The highest BCUT2D eigenvalue weighted by atomic mass is 16.5. The molecule has 31 heavy (non-hydrogen) atoms. The van der Waals surface area contributed by atoms with Crippen molar-refractivity contribution in [2.75, 3.05) is 40.0 Å². The molecule has 6 rings (SSSR count). The molecule has 0 saturated carbocycles. The molecule has 2 heterocycles. The van der Waals surface area contributed by atoms with Crippen molar-refractivity contribution in [3.63, 3.8) is 0 Å². The topological polar surface area (TPSA) is 30.9 Å². The molecule has 0 bridgehead atoms. The lowest BCUT2D eigenvalue weighted by Crippen LogP contribution is -2.37. The van der Waals surface area contributed by atoms with Crippen LogP contribution in [0.1, 0.15) is 30.0 Å². The van der Waals surface area contributed by atoms with Crippen LogP contribution in [0, 0.1) is 0 Å². The maximum absolute atomic E-state index is 6.43. The number of fused-ring (bicyclic) bond motifs is 8. The zero-order chi connectivity index (χ0) is 21.0. The summed E-state index contributed by atoms with van der Waals surface area (Å²) in [6.07, 6.45) is 3.09. The van der Waals surface area contributed by atoms with Crippen LogP contribution in [-0.4, -0.2) is 44.9 Å². The maximum atomic E-state index is 6.43.